The molecule has 2 aromatic rings. The molecule has 8 nitrogen and oxygen atoms in total. The number of rotatable bonds is 8. The Bertz CT molecular complexity index is 1100. The van der Waals surface area contributed by atoms with E-state index in [4.69, 9.17) is 26.8 Å². The smallest absolute Gasteiger partial charge is 0.308 e. The van der Waals surface area contributed by atoms with Gasteiger partial charge in [-0.05, 0) is 78.4 Å². The van der Waals surface area contributed by atoms with Gasteiger partial charge in [0.15, 0.2) is 0 Å². The van der Waals surface area contributed by atoms with Gasteiger partial charge in [-0.1, -0.05) is 17.7 Å². The minimum atomic E-state index is -0.376. The average Bonchev–Trinajstić information content (AvgIpc) is 2.85. The van der Waals surface area contributed by atoms with Gasteiger partial charge in [-0.2, -0.15) is 0 Å². The quantitative estimate of drug-likeness (QED) is 0.308. The molecular formula is C25H29BrClN3O5. The molecule has 0 bridgehead atoms. The van der Waals surface area contributed by atoms with E-state index in [9.17, 15) is 14.4 Å². The number of carbonyl (C=O) groups is 3. The lowest BCUT2D eigenvalue weighted by Crippen LogP contribution is -2.31. The summed E-state index contributed by atoms with van der Waals surface area (Å²) in [6.07, 6.45) is 2.33. The highest BCUT2D eigenvalue weighted by atomic mass is 79.9. The number of esters is 1. The van der Waals surface area contributed by atoms with Crippen LogP contribution in [-0.2, 0) is 20.9 Å². The number of hydrogen-bond donors (Lipinski definition) is 3. The zero-order valence-electron chi connectivity index (χ0n) is 19.7. The second kappa shape index (κ2) is 12.3. The molecule has 0 radical (unpaired) electrons. The van der Waals surface area contributed by atoms with Gasteiger partial charge in [0, 0.05) is 22.6 Å². The minimum absolute atomic E-state index is 0.171. The van der Waals surface area contributed by atoms with Crippen LogP contribution in [0.2, 0.25) is 5.02 Å². The monoisotopic (exact) mass is 565 g/mol. The predicted molar refractivity (Wildman–Crippen MR) is 138 cm³/mol. The number of nitrogens with two attached hydrogens (primary N) is 1. The number of benzene rings is 2. The molecular weight excluding hydrogens is 538 g/mol. The Morgan fingerprint density at radius 1 is 1.11 bits per heavy atom. The summed E-state index contributed by atoms with van der Waals surface area (Å²) in [5, 5.41) is 6.16. The lowest BCUT2D eigenvalue weighted by Gasteiger charge is -2.26. The number of carbonyl (C=O) groups excluding carboxylic acids is 3. The first-order valence-electron chi connectivity index (χ1n) is 11.4. The predicted octanol–water partition coefficient (Wildman–Crippen LogP) is 4.93. The topological polar surface area (TPSA) is 120 Å². The number of amides is 2. The number of nitrogen functional groups attached to an aromatic ring is 1. The number of methoxy groups -OCH3 is 1. The molecule has 1 fully saturated rings. The van der Waals surface area contributed by atoms with E-state index < -0.39 is 0 Å². The molecule has 0 saturated heterocycles. The van der Waals surface area contributed by atoms with Crippen LogP contribution in [0.3, 0.4) is 0 Å². The molecule has 0 heterocycles. The standard InChI is InChI=1S/C25H29BrClN3O5/c1-3-35-25(33)16-7-5-15(6-8-16)23(31)30-21-12-20(28)18(26)11-17(21)24(32)29-13-14-4-9-22(34-2)19(27)10-14/h4,9-12,15-16H,3,5-8,13,28H2,1-2H3,(H,29,32)(H,30,31). The SMILES string of the molecule is CCOC(=O)C1CCC(C(=O)Nc2cc(N)c(Br)cc2C(=O)NCc2ccc(OC)c(Cl)c2)CC1. The molecule has 0 spiro atoms. The van der Waals surface area contributed by atoms with E-state index in [0.717, 1.165) is 5.56 Å². The van der Waals surface area contributed by atoms with Crippen molar-refractivity contribution in [2.75, 3.05) is 24.8 Å². The van der Waals surface area contributed by atoms with Crippen LogP contribution in [0.4, 0.5) is 11.4 Å². The molecule has 1 aliphatic rings. The first-order chi connectivity index (χ1) is 16.7. The fourth-order valence-corrected chi connectivity index (χ4v) is 4.69. The van der Waals surface area contributed by atoms with Crippen LogP contribution in [0.25, 0.3) is 0 Å². The number of halogens is 2. The van der Waals surface area contributed by atoms with Gasteiger partial charge in [-0.25, -0.2) is 0 Å². The highest BCUT2D eigenvalue weighted by molar-refractivity contribution is 9.10. The third-order valence-electron chi connectivity index (χ3n) is 6.03. The van der Waals surface area contributed by atoms with E-state index in [1.807, 2.05) is 0 Å². The van der Waals surface area contributed by atoms with Crippen molar-refractivity contribution < 1.29 is 23.9 Å². The molecule has 1 saturated carbocycles. The van der Waals surface area contributed by atoms with Crippen LogP contribution >= 0.6 is 27.5 Å². The Hall–Kier alpha value is -2.78. The Kier molecular flexibility index (Phi) is 9.40. The largest absolute Gasteiger partial charge is 0.495 e. The summed E-state index contributed by atoms with van der Waals surface area (Å²) in [5.74, 6) is -0.670. The number of hydrogen-bond acceptors (Lipinski definition) is 6. The van der Waals surface area contributed by atoms with Crippen LogP contribution in [0, 0.1) is 11.8 Å². The highest BCUT2D eigenvalue weighted by Crippen LogP contribution is 2.33. The number of nitrogens with one attached hydrogen (secondary N) is 2. The van der Waals surface area contributed by atoms with E-state index in [2.05, 4.69) is 26.6 Å². The molecule has 2 amide bonds. The third kappa shape index (κ3) is 6.89. The zero-order valence-corrected chi connectivity index (χ0v) is 22.0. The van der Waals surface area contributed by atoms with E-state index in [1.165, 1.54) is 7.11 Å². The van der Waals surface area contributed by atoms with Gasteiger partial charge in [0.2, 0.25) is 5.91 Å². The summed E-state index contributed by atoms with van der Waals surface area (Å²) in [5.41, 5.74) is 7.82. The molecule has 35 heavy (non-hydrogen) atoms. The molecule has 0 unspecified atom stereocenters. The van der Waals surface area contributed by atoms with Crippen LogP contribution < -0.4 is 21.1 Å². The van der Waals surface area contributed by atoms with E-state index in [0.29, 0.717) is 58.9 Å². The maximum absolute atomic E-state index is 13.0. The normalized spacial score (nSPS) is 17.4. The van der Waals surface area contributed by atoms with Gasteiger partial charge < -0.3 is 25.8 Å². The molecule has 4 N–H and O–H groups in total. The van der Waals surface area contributed by atoms with Crippen molar-refractivity contribution in [2.24, 2.45) is 11.8 Å². The van der Waals surface area contributed by atoms with Gasteiger partial charge in [0.05, 0.1) is 35.9 Å². The molecule has 2 aromatic carbocycles. The van der Waals surface area contributed by atoms with Crippen LogP contribution in [0.5, 0.6) is 5.75 Å². The summed E-state index contributed by atoms with van der Waals surface area (Å²) in [6.45, 7) is 2.36. The van der Waals surface area contributed by atoms with Crippen molar-refractivity contribution in [3.63, 3.8) is 0 Å². The average molecular weight is 567 g/mol. The van der Waals surface area contributed by atoms with Crippen LogP contribution in [0.1, 0.15) is 48.5 Å². The van der Waals surface area contributed by atoms with E-state index in [-0.39, 0.29) is 41.7 Å². The maximum atomic E-state index is 13.0. The highest BCUT2D eigenvalue weighted by Gasteiger charge is 2.31. The van der Waals surface area contributed by atoms with Crippen molar-refractivity contribution >= 4 is 56.7 Å². The van der Waals surface area contributed by atoms with E-state index in [1.54, 1.807) is 37.3 Å². The van der Waals surface area contributed by atoms with Gasteiger partial charge in [0.1, 0.15) is 5.75 Å². The Morgan fingerprint density at radius 2 is 1.80 bits per heavy atom. The number of ether oxygens (including phenoxy) is 2. The minimum Gasteiger partial charge on any atom is -0.495 e. The van der Waals surface area contributed by atoms with Gasteiger partial charge in [0.25, 0.3) is 5.91 Å². The summed E-state index contributed by atoms with van der Waals surface area (Å²) in [7, 11) is 1.53. The van der Waals surface area contributed by atoms with E-state index >= 15 is 0 Å². The van der Waals surface area contributed by atoms with Crippen molar-refractivity contribution in [3.05, 3.63) is 51.0 Å². The zero-order chi connectivity index (χ0) is 25.5. The fraction of sp³-hybridized carbons (Fsp3) is 0.400. The van der Waals surface area contributed by atoms with Gasteiger partial charge in [-0.3, -0.25) is 14.4 Å². The molecule has 0 atom stereocenters. The summed E-state index contributed by atoms with van der Waals surface area (Å²) < 4.78 is 10.8. The summed E-state index contributed by atoms with van der Waals surface area (Å²) in [4.78, 5) is 38.0. The molecule has 0 aliphatic heterocycles. The van der Waals surface area contributed by atoms with Crippen molar-refractivity contribution in [3.8, 4) is 5.75 Å². The lowest BCUT2D eigenvalue weighted by molar-refractivity contribution is -0.150. The first kappa shape index (κ1) is 26.8. The Balaban J connectivity index is 1.67. The second-order valence-electron chi connectivity index (χ2n) is 8.36. The van der Waals surface area contributed by atoms with Crippen molar-refractivity contribution in [1.29, 1.82) is 0 Å². The molecule has 1 aliphatic carbocycles. The van der Waals surface area contributed by atoms with Crippen LogP contribution in [-0.4, -0.2) is 31.5 Å². The molecule has 188 valence electrons. The Morgan fingerprint density at radius 3 is 2.43 bits per heavy atom. The van der Waals surface area contributed by atoms with Gasteiger partial charge in [-0.15, -0.1) is 0 Å². The summed E-state index contributed by atoms with van der Waals surface area (Å²) in [6, 6.07) is 8.39. The first-order valence-corrected chi connectivity index (χ1v) is 12.6. The maximum Gasteiger partial charge on any atom is 0.308 e. The third-order valence-corrected chi connectivity index (χ3v) is 7.01. The lowest BCUT2D eigenvalue weighted by atomic mass is 9.81. The van der Waals surface area contributed by atoms with Gasteiger partial charge >= 0.3 is 5.97 Å². The fourth-order valence-electron chi connectivity index (χ4n) is 4.06. The molecule has 0 aromatic heterocycles. The number of anilines is 2. The molecule has 3 rings (SSSR count). The van der Waals surface area contributed by atoms with Crippen LogP contribution in [0.15, 0.2) is 34.8 Å². The van der Waals surface area contributed by atoms with Crippen molar-refractivity contribution in [1.82, 2.24) is 5.32 Å². The second-order valence-corrected chi connectivity index (χ2v) is 9.62. The van der Waals surface area contributed by atoms with Crippen molar-refractivity contribution in [2.45, 2.75) is 39.2 Å². The summed E-state index contributed by atoms with van der Waals surface area (Å²) >= 11 is 9.52. The molecule has 10 heteroatoms. The Labute approximate surface area is 218 Å².